The number of nitrogens with one attached hydrogen (secondary N) is 2. The molecule has 0 heterocycles. The van der Waals surface area contributed by atoms with Crippen LogP contribution in [0, 0.1) is 11.8 Å². The smallest absolute Gasteiger partial charge is 0.426 e. The van der Waals surface area contributed by atoms with Crippen LogP contribution < -0.4 is 10.6 Å². The van der Waals surface area contributed by atoms with Crippen LogP contribution in [-0.2, 0) is 9.53 Å². The number of rotatable bonds is 7. The minimum atomic E-state index is -6.62. The van der Waals surface area contributed by atoms with Crippen molar-refractivity contribution in [3.63, 3.8) is 0 Å². The molecule has 1 saturated carbocycles. The molecular formula is C18H20F12N2O5. The highest BCUT2D eigenvalue weighted by Crippen LogP contribution is 2.57. The van der Waals surface area contributed by atoms with Crippen LogP contribution in [0.1, 0.15) is 19.3 Å². The summed E-state index contributed by atoms with van der Waals surface area (Å²) < 4.78 is 165. The van der Waals surface area contributed by atoms with E-state index in [0.717, 1.165) is 0 Å². The average molecular weight is 572 g/mol. The third-order valence-electron chi connectivity index (χ3n) is 5.75. The SMILES string of the molecule is C=CC(=O)OCCNC(=O)NC1CC(C(O)(C(F)(F)F)C(F)(F)F)CC(C(O)(C(F)(F)F)C(F)(F)F)C1. The summed E-state index contributed by atoms with van der Waals surface area (Å²) in [7, 11) is 0. The van der Waals surface area contributed by atoms with Gasteiger partial charge in [-0.1, -0.05) is 6.58 Å². The van der Waals surface area contributed by atoms with E-state index in [-0.39, 0.29) is 0 Å². The van der Waals surface area contributed by atoms with Crippen molar-refractivity contribution < 1.29 is 77.2 Å². The fourth-order valence-electron chi connectivity index (χ4n) is 3.98. The van der Waals surface area contributed by atoms with E-state index in [9.17, 15) is 72.5 Å². The maximum Gasteiger partial charge on any atom is 0.426 e. The van der Waals surface area contributed by atoms with Crippen molar-refractivity contribution in [1.82, 2.24) is 10.6 Å². The van der Waals surface area contributed by atoms with Gasteiger partial charge < -0.3 is 25.6 Å². The van der Waals surface area contributed by atoms with Crippen LogP contribution in [0.4, 0.5) is 57.5 Å². The Balaban J connectivity index is 3.40. The standard InChI is InChI=1S/C18H20F12N2O5/c1-2-11(33)37-4-3-31-12(34)32-10-6-8(13(35,15(19,20)21)16(22,23)24)5-9(7-10)14(36,17(25,26)27)18(28,29)30/h2,8-10,35-36H,1,3-7H2,(H2,31,32,34). The van der Waals surface area contributed by atoms with Gasteiger partial charge in [-0.3, -0.25) is 0 Å². The summed E-state index contributed by atoms with van der Waals surface area (Å²) in [4.78, 5) is 22.8. The molecule has 0 aromatic carbocycles. The summed E-state index contributed by atoms with van der Waals surface area (Å²) >= 11 is 0. The molecule has 19 heteroatoms. The quantitative estimate of drug-likeness (QED) is 0.162. The number of alkyl halides is 12. The number of hydrogen-bond acceptors (Lipinski definition) is 5. The molecule has 2 amide bonds. The second kappa shape index (κ2) is 10.7. The molecular weight excluding hydrogens is 552 g/mol. The highest BCUT2D eigenvalue weighted by Gasteiger charge is 2.78. The number of esters is 1. The third-order valence-corrected chi connectivity index (χ3v) is 5.75. The minimum absolute atomic E-state index is 0.544. The van der Waals surface area contributed by atoms with Crippen LogP contribution >= 0.6 is 0 Å². The molecule has 0 aromatic heterocycles. The first kappa shape index (κ1) is 32.6. The second-order valence-electron chi connectivity index (χ2n) is 8.09. The van der Waals surface area contributed by atoms with Gasteiger partial charge in [0.25, 0.3) is 11.2 Å². The Morgan fingerprint density at radius 2 is 1.16 bits per heavy atom. The first-order valence-corrected chi connectivity index (χ1v) is 9.98. The fraction of sp³-hybridized carbons (Fsp3) is 0.778. The summed E-state index contributed by atoms with van der Waals surface area (Å²) in [6.07, 6.45) is -31.1. The minimum Gasteiger partial charge on any atom is -0.461 e. The number of urea groups is 1. The number of aliphatic hydroxyl groups is 2. The first-order valence-electron chi connectivity index (χ1n) is 9.98. The van der Waals surface area contributed by atoms with Crippen molar-refractivity contribution in [2.75, 3.05) is 13.2 Å². The van der Waals surface area contributed by atoms with Gasteiger partial charge in [0.2, 0.25) is 0 Å². The molecule has 0 bridgehead atoms. The number of carbonyl (C=O) groups excluding carboxylic acids is 2. The van der Waals surface area contributed by atoms with Crippen LogP contribution in [0.15, 0.2) is 12.7 Å². The lowest BCUT2D eigenvalue weighted by Gasteiger charge is -2.48. The van der Waals surface area contributed by atoms with E-state index in [2.05, 4.69) is 11.3 Å². The van der Waals surface area contributed by atoms with Gasteiger partial charge in [-0.25, -0.2) is 9.59 Å². The monoisotopic (exact) mass is 572 g/mol. The van der Waals surface area contributed by atoms with Crippen LogP contribution in [0.2, 0.25) is 0 Å². The van der Waals surface area contributed by atoms with Crippen molar-refractivity contribution in [3.05, 3.63) is 12.7 Å². The molecule has 1 fully saturated rings. The molecule has 2 unspecified atom stereocenters. The lowest BCUT2D eigenvalue weighted by Crippen LogP contribution is -2.68. The Morgan fingerprint density at radius 3 is 1.49 bits per heavy atom. The second-order valence-corrected chi connectivity index (χ2v) is 8.09. The maximum atomic E-state index is 13.3. The zero-order valence-corrected chi connectivity index (χ0v) is 18.2. The Kier molecular flexibility index (Phi) is 9.46. The molecule has 37 heavy (non-hydrogen) atoms. The van der Waals surface area contributed by atoms with Crippen molar-refractivity contribution in [1.29, 1.82) is 0 Å². The van der Waals surface area contributed by atoms with Gasteiger partial charge >= 0.3 is 36.7 Å². The summed E-state index contributed by atoms with van der Waals surface area (Å²) in [5.74, 6) is -7.76. The Labute approximate surface area is 199 Å². The Bertz CT molecular complexity index is 763. The van der Waals surface area contributed by atoms with Gasteiger partial charge in [-0.15, -0.1) is 0 Å². The van der Waals surface area contributed by atoms with Gasteiger partial charge in [0.1, 0.15) is 6.61 Å². The largest absolute Gasteiger partial charge is 0.461 e. The van der Waals surface area contributed by atoms with E-state index < -0.39 is 98.2 Å². The zero-order chi connectivity index (χ0) is 29.3. The maximum absolute atomic E-state index is 13.3. The van der Waals surface area contributed by atoms with Crippen LogP contribution in [-0.4, -0.2) is 77.3 Å². The fourth-order valence-corrected chi connectivity index (χ4v) is 3.98. The molecule has 0 saturated heterocycles. The number of amides is 2. The first-order chi connectivity index (χ1) is 16.4. The predicted octanol–water partition coefficient (Wildman–Crippen LogP) is 3.51. The van der Waals surface area contributed by atoms with Gasteiger partial charge in [0, 0.05) is 24.0 Å². The molecule has 0 aliphatic heterocycles. The van der Waals surface area contributed by atoms with E-state index in [1.165, 1.54) is 0 Å². The predicted molar refractivity (Wildman–Crippen MR) is 96.4 cm³/mol. The summed E-state index contributed by atoms with van der Waals surface area (Å²) in [5.41, 5.74) is -11.6. The van der Waals surface area contributed by atoms with Gasteiger partial charge in [0.15, 0.2) is 0 Å². The highest BCUT2D eigenvalue weighted by molar-refractivity contribution is 5.81. The Morgan fingerprint density at radius 1 is 0.784 bits per heavy atom. The molecule has 0 aromatic rings. The van der Waals surface area contributed by atoms with Crippen molar-refractivity contribution in [2.24, 2.45) is 11.8 Å². The molecule has 1 aliphatic carbocycles. The van der Waals surface area contributed by atoms with E-state index in [1.807, 2.05) is 5.32 Å². The van der Waals surface area contributed by atoms with Crippen molar-refractivity contribution >= 4 is 12.0 Å². The van der Waals surface area contributed by atoms with E-state index in [4.69, 9.17) is 0 Å². The van der Waals surface area contributed by atoms with Gasteiger partial charge in [-0.05, 0) is 19.3 Å². The van der Waals surface area contributed by atoms with Crippen LogP contribution in [0.25, 0.3) is 0 Å². The number of ether oxygens (including phenoxy) is 1. The van der Waals surface area contributed by atoms with Gasteiger partial charge in [0.05, 0.1) is 6.54 Å². The number of halogens is 12. The zero-order valence-electron chi connectivity index (χ0n) is 18.2. The Hall–Kier alpha value is -2.44. The average Bonchev–Trinajstić information content (AvgIpc) is 2.71. The molecule has 0 spiro atoms. The molecule has 7 nitrogen and oxygen atoms in total. The van der Waals surface area contributed by atoms with Crippen LogP contribution in [0.5, 0.6) is 0 Å². The molecule has 1 rings (SSSR count). The third kappa shape index (κ3) is 6.71. The molecule has 216 valence electrons. The van der Waals surface area contributed by atoms with Gasteiger partial charge in [-0.2, -0.15) is 52.7 Å². The molecule has 4 N–H and O–H groups in total. The summed E-state index contributed by atoms with van der Waals surface area (Å²) in [5, 5.41) is 22.7. The molecule has 2 atom stereocenters. The van der Waals surface area contributed by atoms with Crippen LogP contribution in [0.3, 0.4) is 0 Å². The van der Waals surface area contributed by atoms with E-state index >= 15 is 0 Å². The number of hydrogen-bond donors (Lipinski definition) is 4. The highest BCUT2D eigenvalue weighted by atomic mass is 19.4. The summed E-state index contributed by atoms with van der Waals surface area (Å²) in [6, 6.07) is -3.73. The lowest BCUT2D eigenvalue weighted by atomic mass is 9.65. The van der Waals surface area contributed by atoms with E-state index in [1.54, 1.807) is 5.32 Å². The van der Waals surface area contributed by atoms with Crippen molar-refractivity contribution in [3.8, 4) is 0 Å². The summed E-state index contributed by atoms with van der Waals surface area (Å²) in [6.45, 7) is 1.95. The molecule has 1 aliphatic rings. The number of carbonyl (C=O) groups is 2. The molecule has 0 radical (unpaired) electrons. The van der Waals surface area contributed by atoms with Crippen molar-refractivity contribution in [2.45, 2.75) is 61.2 Å². The van der Waals surface area contributed by atoms with E-state index in [0.29, 0.717) is 6.08 Å². The topological polar surface area (TPSA) is 108 Å². The normalized spacial score (nSPS) is 22.3. The lowest BCUT2D eigenvalue weighted by molar-refractivity contribution is -0.403.